The van der Waals surface area contributed by atoms with Gasteiger partial charge in [0.05, 0.1) is 18.1 Å². The second-order valence-corrected chi connectivity index (χ2v) is 11.9. The van der Waals surface area contributed by atoms with Gasteiger partial charge in [0.15, 0.2) is 9.84 Å². The van der Waals surface area contributed by atoms with Gasteiger partial charge in [0.2, 0.25) is 5.91 Å². The van der Waals surface area contributed by atoms with Crippen molar-refractivity contribution >= 4 is 21.7 Å². The van der Waals surface area contributed by atoms with E-state index in [0.717, 1.165) is 35.7 Å². The average molecular weight is 583 g/mol. The molecule has 0 heterocycles. The molecule has 2 aromatic rings. The number of rotatable bonds is 17. The summed E-state index contributed by atoms with van der Waals surface area (Å²) in [6, 6.07) is 8.50. The van der Waals surface area contributed by atoms with Gasteiger partial charge in [-0.15, -0.1) is 0 Å². The Labute approximate surface area is 235 Å². The van der Waals surface area contributed by atoms with E-state index in [1.54, 1.807) is 0 Å². The predicted molar refractivity (Wildman–Crippen MR) is 150 cm³/mol. The molecule has 0 aliphatic heterocycles. The number of ether oxygens (including phenoxy) is 1. The Balaban J connectivity index is 2.24. The molecule has 2 rings (SSSR count). The molecule has 2 aromatic carbocycles. The number of halogens is 2. The predicted octanol–water partition coefficient (Wildman–Crippen LogP) is 1.76. The van der Waals surface area contributed by atoms with Crippen molar-refractivity contribution in [3.8, 4) is 0 Å². The van der Waals surface area contributed by atoms with E-state index >= 15 is 0 Å². The smallest absolute Gasteiger partial charge is 0.330 e. The molecule has 0 saturated heterocycles. The maximum atomic E-state index is 13.8. The molecule has 3 atom stereocenters. The van der Waals surface area contributed by atoms with Crippen molar-refractivity contribution < 1.29 is 31.5 Å². The maximum absolute atomic E-state index is 13.8. The number of sulfone groups is 1. The monoisotopic (exact) mass is 582 g/mol. The molecule has 9 nitrogen and oxygen atoms in total. The average Bonchev–Trinajstić information content (AvgIpc) is 2.90. The van der Waals surface area contributed by atoms with Gasteiger partial charge in [-0.05, 0) is 48.1 Å². The van der Waals surface area contributed by atoms with Crippen LogP contribution in [0.1, 0.15) is 43.4 Å². The van der Waals surface area contributed by atoms with Gasteiger partial charge >= 0.3 is 5.97 Å². The van der Waals surface area contributed by atoms with Crippen LogP contribution in [0, 0.1) is 11.6 Å². The number of nitrogens with two attached hydrogens (primary N) is 2. The van der Waals surface area contributed by atoms with Crippen LogP contribution in [-0.2, 0) is 43.5 Å². The molecule has 0 radical (unpaired) electrons. The van der Waals surface area contributed by atoms with Gasteiger partial charge in [0, 0.05) is 25.2 Å². The summed E-state index contributed by atoms with van der Waals surface area (Å²) in [6.45, 7) is 3.90. The molecule has 0 aliphatic carbocycles. The molecule has 0 saturated carbocycles. The zero-order valence-corrected chi connectivity index (χ0v) is 23.8. The summed E-state index contributed by atoms with van der Waals surface area (Å²) in [5.41, 5.74) is 14.1. The standard InChI is InChI=1S/C28H40F2N4O5S/c1-3-5-9-40(37,38)18-25(34-27(35)15-31)28(36)39-26(17-33-16-20-8-6-7-19(4-2)10-20)24(32)13-21-11-22(29)14-23(30)12-21/h6-8,10-12,14,24-26,33H,3-5,9,13,15-18,31-32H2,1-2H3,(H,34,35)/t24-,25+,26+/m0/s1. The Hall–Kier alpha value is -2.93. The summed E-state index contributed by atoms with van der Waals surface area (Å²) in [7, 11) is -3.70. The number of benzene rings is 2. The second kappa shape index (κ2) is 16.4. The largest absolute Gasteiger partial charge is 0.458 e. The zero-order chi connectivity index (χ0) is 29.7. The molecule has 1 amide bonds. The van der Waals surface area contributed by atoms with Gasteiger partial charge in [-0.3, -0.25) is 4.79 Å². The van der Waals surface area contributed by atoms with Crippen LogP contribution in [0.3, 0.4) is 0 Å². The summed E-state index contributed by atoms with van der Waals surface area (Å²) in [5, 5.41) is 5.51. The third kappa shape index (κ3) is 11.7. The number of unbranched alkanes of at least 4 members (excludes halogenated alkanes) is 1. The number of hydrogen-bond donors (Lipinski definition) is 4. The van der Waals surface area contributed by atoms with Crippen LogP contribution >= 0.6 is 0 Å². The van der Waals surface area contributed by atoms with Gasteiger partial charge in [-0.1, -0.05) is 44.5 Å². The van der Waals surface area contributed by atoms with Gasteiger partial charge in [-0.25, -0.2) is 22.0 Å². The summed E-state index contributed by atoms with van der Waals surface area (Å²) in [4.78, 5) is 25.2. The van der Waals surface area contributed by atoms with Gasteiger partial charge in [0.25, 0.3) is 0 Å². The minimum absolute atomic E-state index is 0.0335. The number of nitrogens with one attached hydrogen (secondary N) is 2. The fourth-order valence-corrected chi connectivity index (χ4v) is 5.71. The molecule has 222 valence electrons. The molecule has 0 aliphatic rings. The van der Waals surface area contributed by atoms with E-state index < -0.39 is 63.8 Å². The Morgan fingerprint density at radius 3 is 2.33 bits per heavy atom. The van der Waals surface area contributed by atoms with E-state index in [4.69, 9.17) is 16.2 Å². The van der Waals surface area contributed by atoms with Crippen molar-refractivity contribution in [3.63, 3.8) is 0 Å². The molecular weight excluding hydrogens is 542 g/mol. The van der Waals surface area contributed by atoms with Crippen LogP contribution in [0.15, 0.2) is 42.5 Å². The molecule has 0 unspecified atom stereocenters. The van der Waals surface area contributed by atoms with Crippen molar-refractivity contribution in [2.75, 3.05) is 24.6 Å². The lowest BCUT2D eigenvalue weighted by Gasteiger charge is -2.27. The Kier molecular flexibility index (Phi) is 13.6. The van der Waals surface area contributed by atoms with Crippen LogP contribution in [0.25, 0.3) is 0 Å². The summed E-state index contributed by atoms with van der Waals surface area (Å²) in [6.07, 6.45) is 0.835. The van der Waals surface area contributed by atoms with Crippen molar-refractivity contribution in [2.24, 2.45) is 11.5 Å². The Bertz CT molecular complexity index is 1210. The number of hydrogen-bond acceptors (Lipinski definition) is 8. The topological polar surface area (TPSA) is 154 Å². The molecular formula is C28H40F2N4O5S. The summed E-state index contributed by atoms with van der Waals surface area (Å²) in [5.74, 6) is -4.08. The van der Waals surface area contributed by atoms with E-state index in [9.17, 15) is 26.8 Å². The highest BCUT2D eigenvalue weighted by molar-refractivity contribution is 7.91. The normalized spacial score (nSPS) is 13.8. The van der Waals surface area contributed by atoms with Crippen LogP contribution in [0.4, 0.5) is 8.78 Å². The zero-order valence-electron chi connectivity index (χ0n) is 23.0. The number of carbonyl (C=O) groups excluding carboxylic acids is 2. The first kappa shape index (κ1) is 33.3. The van der Waals surface area contributed by atoms with Gasteiger partial charge in [0.1, 0.15) is 23.8 Å². The van der Waals surface area contributed by atoms with Crippen molar-refractivity contribution in [3.05, 3.63) is 70.8 Å². The van der Waals surface area contributed by atoms with E-state index in [2.05, 4.69) is 10.6 Å². The second-order valence-electron chi connectivity index (χ2n) is 9.72. The molecule has 40 heavy (non-hydrogen) atoms. The first-order valence-corrected chi connectivity index (χ1v) is 15.2. The highest BCUT2D eigenvalue weighted by Gasteiger charge is 2.32. The van der Waals surface area contributed by atoms with Crippen LogP contribution in [0.2, 0.25) is 0 Å². The third-order valence-corrected chi connectivity index (χ3v) is 8.00. The molecule has 0 fully saturated rings. The van der Waals surface area contributed by atoms with Crippen LogP contribution in [-0.4, -0.2) is 63.1 Å². The lowest BCUT2D eigenvalue weighted by molar-refractivity contribution is -0.153. The lowest BCUT2D eigenvalue weighted by Crippen LogP contribution is -2.52. The quantitative estimate of drug-likeness (QED) is 0.206. The maximum Gasteiger partial charge on any atom is 0.330 e. The molecule has 0 bridgehead atoms. The van der Waals surface area contributed by atoms with Crippen molar-refractivity contribution in [1.82, 2.24) is 10.6 Å². The van der Waals surface area contributed by atoms with Gasteiger partial charge in [-0.2, -0.15) is 0 Å². The first-order chi connectivity index (χ1) is 19.0. The first-order valence-electron chi connectivity index (χ1n) is 13.4. The SMILES string of the molecule is CCCCS(=O)(=O)C[C@@H](NC(=O)CN)C(=O)O[C@H](CNCc1cccc(CC)c1)[C@@H](N)Cc1cc(F)cc(F)c1. The van der Waals surface area contributed by atoms with Crippen LogP contribution < -0.4 is 22.1 Å². The van der Waals surface area contributed by atoms with E-state index in [0.29, 0.717) is 19.4 Å². The Morgan fingerprint density at radius 2 is 1.70 bits per heavy atom. The number of aryl methyl sites for hydroxylation is 1. The molecule has 6 N–H and O–H groups in total. The van der Waals surface area contributed by atoms with E-state index in [1.165, 1.54) is 0 Å². The van der Waals surface area contributed by atoms with Gasteiger partial charge < -0.3 is 26.8 Å². The van der Waals surface area contributed by atoms with E-state index in [1.807, 2.05) is 38.1 Å². The fourth-order valence-electron chi connectivity index (χ4n) is 4.09. The number of carbonyl (C=O) groups is 2. The number of amides is 1. The highest BCUT2D eigenvalue weighted by Crippen LogP contribution is 2.14. The third-order valence-electron chi connectivity index (χ3n) is 6.25. The van der Waals surface area contributed by atoms with Crippen molar-refractivity contribution in [2.45, 2.75) is 64.3 Å². The Morgan fingerprint density at radius 1 is 1.02 bits per heavy atom. The highest BCUT2D eigenvalue weighted by atomic mass is 32.2. The molecule has 0 spiro atoms. The summed E-state index contributed by atoms with van der Waals surface area (Å²) < 4.78 is 58.3. The minimum Gasteiger partial charge on any atom is -0.458 e. The van der Waals surface area contributed by atoms with Crippen molar-refractivity contribution in [1.29, 1.82) is 0 Å². The minimum atomic E-state index is -3.70. The molecule has 12 heteroatoms. The molecule has 0 aromatic heterocycles. The fraction of sp³-hybridized carbons (Fsp3) is 0.500. The van der Waals surface area contributed by atoms with Crippen LogP contribution in [0.5, 0.6) is 0 Å². The van der Waals surface area contributed by atoms with E-state index in [-0.39, 0.29) is 24.3 Å². The number of esters is 1. The lowest BCUT2D eigenvalue weighted by atomic mass is 10.0. The summed E-state index contributed by atoms with van der Waals surface area (Å²) >= 11 is 0.